The van der Waals surface area contributed by atoms with Gasteiger partial charge in [-0.25, -0.2) is 0 Å². The molecule has 2 heterocycles. The first-order chi connectivity index (χ1) is 16.7. The second-order valence-electron chi connectivity index (χ2n) is 9.40. The van der Waals surface area contributed by atoms with Crippen molar-refractivity contribution in [3.05, 3.63) is 42.1 Å². The highest BCUT2D eigenvalue weighted by Gasteiger charge is 2.36. The van der Waals surface area contributed by atoms with Crippen molar-refractivity contribution in [1.82, 2.24) is 9.78 Å². The first-order valence-electron chi connectivity index (χ1n) is 11.9. The molecule has 0 unspecified atom stereocenters. The van der Waals surface area contributed by atoms with E-state index in [1.165, 1.54) is 6.07 Å². The Morgan fingerprint density at radius 3 is 2.60 bits per heavy atom. The third-order valence-corrected chi connectivity index (χ3v) is 6.95. The fourth-order valence-electron chi connectivity index (χ4n) is 5.04. The molecule has 3 aromatic rings. The molecule has 35 heavy (non-hydrogen) atoms. The zero-order chi connectivity index (χ0) is 24.7. The van der Waals surface area contributed by atoms with Gasteiger partial charge in [-0.2, -0.15) is 18.3 Å². The standard InChI is InChI=1S/C26H28F3N3O3/c1-16(17-3-5-20(33)11-17)35-25-14-19(13-23-21(25)15-31(2)30-23)18-4-6-24(22(12-18)26(27,28)29)32-7-9-34-10-8-32/h4,6,12-17H,3,5,7-11H2,1-2H3/t16-,17+/m1/s1. The van der Waals surface area contributed by atoms with E-state index in [1.807, 2.05) is 13.1 Å². The van der Waals surface area contributed by atoms with Gasteiger partial charge in [-0.3, -0.25) is 9.48 Å². The molecule has 2 atom stereocenters. The largest absolute Gasteiger partial charge is 0.490 e. The molecule has 0 amide bonds. The number of benzene rings is 2. The second kappa shape index (κ2) is 9.18. The van der Waals surface area contributed by atoms with Crippen LogP contribution in [0.2, 0.25) is 0 Å². The normalized spacial score (nSPS) is 20.0. The number of carbonyl (C=O) groups is 1. The smallest absolute Gasteiger partial charge is 0.418 e. The number of hydrogen-bond acceptors (Lipinski definition) is 5. The summed E-state index contributed by atoms with van der Waals surface area (Å²) in [5, 5.41) is 5.26. The molecule has 2 fully saturated rings. The molecule has 2 aromatic carbocycles. The van der Waals surface area contributed by atoms with Gasteiger partial charge in [0.15, 0.2) is 0 Å². The zero-order valence-corrected chi connectivity index (χ0v) is 19.8. The van der Waals surface area contributed by atoms with E-state index in [-0.39, 0.29) is 23.5 Å². The third kappa shape index (κ3) is 4.87. The zero-order valence-electron chi connectivity index (χ0n) is 19.8. The summed E-state index contributed by atoms with van der Waals surface area (Å²) in [6, 6.07) is 8.03. The monoisotopic (exact) mass is 487 g/mol. The van der Waals surface area contributed by atoms with Gasteiger partial charge in [-0.15, -0.1) is 0 Å². The SMILES string of the molecule is C[C@@H](Oc1cc(-c2ccc(N3CCOCC3)c(C(F)(F)F)c2)cc2nn(C)cc12)[C@H]1CCC(=O)C1. The van der Waals surface area contributed by atoms with Crippen molar-refractivity contribution in [2.75, 3.05) is 31.2 Å². The number of ketones is 1. The summed E-state index contributed by atoms with van der Waals surface area (Å²) in [5.74, 6) is 0.927. The lowest BCUT2D eigenvalue weighted by atomic mass is 9.99. The van der Waals surface area contributed by atoms with Crippen molar-refractivity contribution >= 4 is 22.4 Å². The molecule has 5 rings (SSSR count). The number of morpholine rings is 1. The van der Waals surface area contributed by atoms with Gasteiger partial charge in [-0.1, -0.05) is 6.07 Å². The molecular formula is C26H28F3N3O3. The fraction of sp³-hybridized carbons (Fsp3) is 0.462. The first-order valence-corrected chi connectivity index (χ1v) is 11.9. The van der Waals surface area contributed by atoms with Gasteiger partial charge in [0, 0.05) is 50.8 Å². The van der Waals surface area contributed by atoms with Gasteiger partial charge in [0.05, 0.1) is 35.8 Å². The Bertz CT molecular complexity index is 1250. The molecule has 1 aliphatic carbocycles. The molecule has 1 aromatic heterocycles. The van der Waals surface area contributed by atoms with Crippen LogP contribution in [0, 0.1) is 5.92 Å². The fourth-order valence-corrected chi connectivity index (χ4v) is 5.04. The lowest BCUT2D eigenvalue weighted by Crippen LogP contribution is -2.37. The first kappa shape index (κ1) is 23.7. The van der Waals surface area contributed by atoms with Crippen LogP contribution in [0.15, 0.2) is 36.5 Å². The Balaban J connectivity index is 1.54. The Hall–Kier alpha value is -3.07. The minimum atomic E-state index is -4.50. The summed E-state index contributed by atoms with van der Waals surface area (Å²) < 4.78 is 55.5. The number of Topliss-reactive ketones (excluding diaryl/α,β-unsaturated/α-hetero) is 1. The van der Waals surface area contributed by atoms with E-state index in [9.17, 15) is 18.0 Å². The number of nitrogens with zero attached hydrogens (tertiary/aromatic N) is 3. The van der Waals surface area contributed by atoms with Crippen molar-refractivity contribution in [2.24, 2.45) is 13.0 Å². The van der Waals surface area contributed by atoms with Crippen LogP contribution >= 0.6 is 0 Å². The molecule has 186 valence electrons. The number of carbonyl (C=O) groups excluding carboxylic acids is 1. The van der Waals surface area contributed by atoms with Crippen LogP contribution in [0.25, 0.3) is 22.0 Å². The van der Waals surface area contributed by atoms with Crippen LogP contribution in [0.5, 0.6) is 5.75 Å². The number of alkyl halides is 3. The average Bonchev–Trinajstić information content (AvgIpc) is 3.43. The summed E-state index contributed by atoms with van der Waals surface area (Å²) >= 11 is 0. The Labute approximate surface area is 201 Å². The van der Waals surface area contributed by atoms with E-state index in [0.29, 0.717) is 61.5 Å². The van der Waals surface area contributed by atoms with Crippen LogP contribution in [0.1, 0.15) is 31.7 Å². The number of rotatable bonds is 5. The highest BCUT2D eigenvalue weighted by molar-refractivity contribution is 5.90. The van der Waals surface area contributed by atoms with E-state index < -0.39 is 11.7 Å². The van der Waals surface area contributed by atoms with Gasteiger partial charge in [-0.05, 0) is 48.7 Å². The summed E-state index contributed by atoms with van der Waals surface area (Å²) in [7, 11) is 1.79. The van der Waals surface area contributed by atoms with Crippen molar-refractivity contribution < 1.29 is 27.4 Å². The molecule has 1 saturated heterocycles. The minimum absolute atomic E-state index is 0.127. The molecule has 2 aliphatic rings. The number of ether oxygens (including phenoxy) is 2. The summed E-state index contributed by atoms with van der Waals surface area (Å²) in [6.07, 6.45) is -1.01. The molecule has 6 nitrogen and oxygen atoms in total. The maximum atomic E-state index is 14.1. The maximum Gasteiger partial charge on any atom is 0.418 e. The van der Waals surface area contributed by atoms with Gasteiger partial charge < -0.3 is 14.4 Å². The minimum Gasteiger partial charge on any atom is -0.490 e. The second-order valence-corrected chi connectivity index (χ2v) is 9.40. The molecule has 9 heteroatoms. The van der Waals surface area contributed by atoms with E-state index in [4.69, 9.17) is 9.47 Å². The predicted octanol–water partition coefficient (Wildman–Crippen LogP) is 5.23. The average molecular weight is 488 g/mol. The quantitative estimate of drug-likeness (QED) is 0.493. The highest BCUT2D eigenvalue weighted by atomic mass is 19.4. The summed E-state index contributed by atoms with van der Waals surface area (Å²) in [5.41, 5.74) is 1.17. The lowest BCUT2D eigenvalue weighted by Gasteiger charge is -2.31. The molecule has 1 saturated carbocycles. The Morgan fingerprint density at radius 2 is 1.91 bits per heavy atom. The summed E-state index contributed by atoms with van der Waals surface area (Å²) in [4.78, 5) is 13.5. The van der Waals surface area contributed by atoms with Gasteiger partial charge in [0.1, 0.15) is 11.5 Å². The van der Waals surface area contributed by atoms with Gasteiger partial charge >= 0.3 is 6.18 Å². The lowest BCUT2D eigenvalue weighted by molar-refractivity contribution is -0.137. The maximum absolute atomic E-state index is 14.1. The molecule has 0 radical (unpaired) electrons. The van der Waals surface area contributed by atoms with E-state index in [2.05, 4.69) is 5.10 Å². The molecular weight excluding hydrogens is 459 g/mol. The number of aromatic nitrogens is 2. The predicted molar refractivity (Wildman–Crippen MR) is 127 cm³/mol. The number of aryl methyl sites for hydroxylation is 1. The van der Waals surface area contributed by atoms with Gasteiger partial charge in [0.2, 0.25) is 0 Å². The molecule has 0 N–H and O–H groups in total. The Morgan fingerprint density at radius 1 is 1.14 bits per heavy atom. The van der Waals surface area contributed by atoms with Crippen LogP contribution < -0.4 is 9.64 Å². The van der Waals surface area contributed by atoms with Gasteiger partial charge in [0.25, 0.3) is 0 Å². The third-order valence-electron chi connectivity index (χ3n) is 6.95. The van der Waals surface area contributed by atoms with Crippen molar-refractivity contribution in [1.29, 1.82) is 0 Å². The van der Waals surface area contributed by atoms with E-state index in [0.717, 1.165) is 11.8 Å². The van der Waals surface area contributed by atoms with Crippen molar-refractivity contribution in [3.63, 3.8) is 0 Å². The topological polar surface area (TPSA) is 56.6 Å². The molecule has 0 bridgehead atoms. The van der Waals surface area contributed by atoms with Crippen LogP contribution in [0.3, 0.4) is 0 Å². The van der Waals surface area contributed by atoms with E-state index in [1.54, 1.807) is 40.9 Å². The van der Waals surface area contributed by atoms with Crippen LogP contribution in [-0.4, -0.2) is 48.0 Å². The van der Waals surface area contributed by atoms with Crippen LogP contribution in [-0.2, 0) is 22.8 Å². The number of fused-ring (bicyclic) bond motifs is 1. The van der Waals surface area contributed by atoms with Crippen molar-refractivity contribution in [3.8, 4) is 16.9 Å². The summed E-state index contributed by atoms with van der Waals surface area (Å²) in [6.45, 7) is 3.59. The molecule has 0 spiro atoms. The highest BCUT2D eigenvalue weighted by Crippen LogP contribution is 2.41. The number of halogens is 3. The number of anilines is 1. The molecule has 1 aliphatic heterocycles. The number of hydrogen-bond donors (Lipinski definition) is 0. The Kier molecular flexibility index (Phi) is 6.21. The van der Waals surface area contributed by atoms with E-state index >= 15 is 0 Å². The van der Waals surface area contributed by atoms with Crippen molar-refractivity contribution in [2.45, 2.75) is 38.5 Å². The van der Waals surface area contributed by atoms with Crippen LogP contribution in [0.4, 0.5) is 18.9 Å².